The van der Waals surface area contributed by atoms with Gasteiger partial charge in [-0.05, 0) is 59.2 Å². The number of hydrogen-bond donors (Lipinski definition) is 2. The molecule has 0 fully saturated rings. The third kappa shape index (κ3) is 6.70. The summed E-state index contributed by atoms with van der Waals surface area (Å²) >= 11 is 0. The fraction of sp³-hybridized carbons (Fsp3) is 0.588. The molecule has 1 rings (SSSR count). The van der Waals surface area contributed by atoms with E-state index in [-0.39, 0.29) is 6.04 Å². The van der Waals surface area contributed by atoms with Crippen LogP contribution in [0.5, 0.6) is 5.75 Å². The van der Waals surface area contributed by atoms with Gasteiger partial charge in [0.25, 0.3) is 0 Å². The Kier molecular flexibility index (Phi) is 6.53. The predicted molar refractivity (Wildman–Crippen MR) is 89.7 cm³/mol. The molecule has 5 heteroatoms. The fourth-order valence-electron chi connectivity index (χ4n) is 1.89. The molecular formula is C17H28N2O3. The van der Waals surface area contributed by atoms with Crippen LogP contribution in [0.25, 0.3) is 0 Å². The molecule has 0 saturated carbocycles. The number of aryl methyl sites for hydroxylation is 1. The van der Waals surface area contributed by atoms with Crippen LogP contribution in [-0.4, -0.2) is 30.9 Å². The monoisotopic (exact) mass is 308 g/mol. The number of nitrogens with one attached hydrogen (secondary N) is 2. The van der Waals surface area contributed by atoms with Crippen LogP contribution in [0.1, 0.15) is 40.2 Å². The maximum atomic E-state index is 11.6. The zero-order valence-electron chi connectivity index (χ0n) is 14.4. The van der Waals surface area contributed by atoms with Crippen LogP contribution in [0.2, 0.25) is 0 Å². The summed E-state index contributed by atoms with van der Waals surface area (Å²) in [5.41, 5.74) is 1.58. The van der Waals surface area contributed by atoms with Crippen LogP contribution < -0.4 is 15.4 Å². The minimum Gasteiger partial charge on any atom is -0.492 e. The Balaban J connectivity index is 2.55. The highest BCUT2D eigenvalue weighted by Crippen LogP contribution is 2.26. The Morgan fingerprint density at radius 2 is 2.00 bits per heavy atom. The highest BCUT2D eigenvalue weighted by atomic mass is 16.6. The van der Waals surface area contributed by atoms with Gasteiger partial charge in [0.05, 0.1) is 12.3 Å². The molecule has 22 heavy (non-hydrogen) atoms. The van der Waals surface area contributed by atoms with Crippen LogP contribution >= 0.6 is 0 Å². The lowest BCUT2D eigenvalue weighted by molar-refractivity contribution is 0.0526. The number of carbonyl (C=O) groups is 1. The lowest BCUT2D eigenvalue weighted by atomic mass is 10.2. The summed E-state index contributed by atoms with van der Waals surface area (Å²) in [6, 6.07) is 6.07. The molecule has 1 atom stereocenters. The molecule has 0 spiro atoms. The van der Waals surface area contributed by atoms with E-state index in [1.54, 1.807) is 0 Å². The van der Waals surface area contributed by atoms with Crippen molar-refractivity contribution in [3.8, 4) is 5.75 Å². The summed E-state index contributed by atoms with van der Waals surface area (Å²) in [6.07, 6.45) is -0.407. The quantitative estimate of drug-likeness (QED) is 0.841. The van der Waals surface area contributed by atoms with Crippen LogP contribution in [0.3, 0.4) is 0 Å². The lowest BCUT2D eigenvalue weighted by Crippen LogP contribution is -2.38. The van der Waals surface area contributed by atoms with Gasteiger partial charge in [-0.15, -0.1) is 0 Å². The Labute approximate surface area is 133 Å². The molecule has 0 aliphatic rings. The first kappa shape index (κ1) is 18.1. The third-order valence-electron chi connectivity index (χ3n) is 2.79. The number of carbonyl (C=O) groups excluding carboxylic acids is 1. The zero-order valence-corrected chi connectivity index (χ0v) is 14.4. The lowest BCUT2D eigenvalue weighted by Gasteiger charge is -2.22. The maximum Gasteiger partial charge on any atom is 0.407 e. The van der Waals surface area contributed by atoms with Gasteiger partial charge in [-0.25, -0.2) is 4.79 Å². The predicted octanol–water partition coefficient (Wildman–Crippen LogP) is 3.72. The van der Waals surface area contributed by atoms with E-state index in [1.807, 2.05) is 59.7 Å². The van der Waals surface area contributed by atoms with E-state index in [9.17, 15) is 4.79 Å². The summed E-state index contributed by atoms with van der Waals surface area (Å²) in [5, 5.41) is 6.10. The standard InChI is InChI=1S/C17H28N2O3/c1-7-21-15-10-12(2)8-9-14(15)19-13(3)11-18-16(20)22-17(4,5)6/h8-10,13,19H,7,11H2,1-6H3,(H,18,20). The molecule has 0 aromatic heterocycles. The Hall–Kier alpha value is -1.91. The van der Waals surface area contributed by atoms with Crippen LogP contribution in [-0.2, 0) is 4.74 Å². The van der Waals surface area contributed by atoms with Gasteiger partial charge in [0, 0.05) is 12.6 Å². The van der Waals surface area contributed by atoms with Crippen molar-refractivity contribution in [3.63, 3.8) is 0 Å². The molecule has 1 amide bonds. The van der Waals surface area contributed by atoms with Gasteiger partial charge in [-0.3, -0.25) is 0 Å². The largest absolute Gasteiger partial charge is 0.492 e. The second-order valence-corrected chi connectivity index (χ2v) is 6.36. The molecule has 2 N–H and O–H groups in total. The normalized spacial score (nSPS) is 12.5. The number of benzene rings is 1. The number of hydrogen-bond acceptors (Lipinski definition) is 4. The van der Waals surface area contributed by atoms with Gasteiger partial charge in [-0.2, -0.15) is 0 Å². The molecular weight excluding hydrogens is 280 g/mol. The molecule has 0 heterocycles. The number of anilines is 1. The van der Waals surface area contributed by atoms with E-state index >= 15 is 0 Å². The summed E-state index contributed by atoms with van der Waals surface area (Å²) in [4.78, 5) is 11.6. The number of rotatable bonds is 6. The smallest absolute Gasteiger partial charge is 0.407 e. The van der Waals surface area contributed by atoms with Crippen molar-refractivity contribution in [1.29, 1.82) is 0 Å². The van der Waals surface area contributed by atoms with Crippen molar-refractivity contribution in [2.24, 2.45) is 0 Å². The average Bonchev–Trinajstić information content (AvgIpc) is 2.38. The van der Waals surface area contributed by atoms with Crippen molar-refractivity contribution >= 4 is 11.8 Å². The molecule has 1 aromatic rings. The van der Waals surface area contributed by atoms with Gasteiger partial charge in [0.1, 0.15) is 11.4 Å². The maximum absolute atomic E-state index is 11.6. The minimum absolute atomic E-state index is 0.0504. The highest BCUT2D eigenvalue weighted by molar-refractivity contribution is 5.67. The van der Waals surface area contributed by atoms with E-state index in [0.717, 1.165) is 17.0 Å². The summed E-state index contributed by atoms with van der Waals surface area (Å²) in [6.45, 7) is 12.6. The second kappa shape index (κ2) is 7.92. The topological polar surface area (TPSA) is 59.6 Å². The molecule has 0 radical (unpaired) electrons. The van der Waals surface area contributed by atoms with Crippen molar-refractivity contribution in [3.05, 3.63) is 23.8 Å². The molecule has 0 aliphatic heterocycles. The Morgan fingerprint density at radius 1 is 1.32 bits per heavy atom. The van der Waals surface area contributed by atoms with Gasteiger partial charge < -0.3 is 20.1 Å². The minimum atomic E-state index is -0.486. The van der Waals surface area contributed by atoms with Gasteiger partial charge in [-0.1, -0.05) is 6.07 Å². The van der Waals surface area contributed by atoms with Gasteiger partial charge in [0.15, 0.2) is 0 Å². The molecule has 124 valence electrons. The van der Waals surface area contributed by atoms with E-state index in [4.69, 9.17) is 9.47 Å². The van der Waals surface area contributed by atoms with E-state index < -0.39 is 11.7 Å². The Morgan fingerprint density at radius 3 is 2.59 bits per heavy atom. The van der Waals surface area contributed by atoms with Crippen LogP contribution in [0.4, 0.5) is 10.5 Å². The first-order chi connectivity index (χ1) is 10.2. The van der Waals surface area contributed by atoms with Crippen molar-refractivity contribution in [2.45, 2.75) is 53.2 Å². The average molecular weight is 308 g/mol. The molecule has 1 unspecified atom stereocenters. The third-order valence-corrected chi connectivity index (χ3v) is 2.79. The number of alkyl carbamates (subject to hydrolysis) is 1. The summed E-state index contributed by atoms with van der Waals surface area (Å²) in [7, 11) is 0. The number of ether oxygens (including phenoxy) is 2. The van der Waals surface area contributed by atoms with E-state index in [2.05, 4.69) is 10.6 Å². The van der Waals surface area contributed by atoms with Gasteiger partial charge >= 0.3 is 6.09 Å². The van der Waals surface area contributed by atoms with Gasteiger partial charge in [0.2, 0.25) is 0 Å². The molecule has 0 aliphatic carbocycles. The summed E-state index contributed by atoms with van der Waals surface area (Å²) < 4.78 is 10.8. The molecule has 5 nitrogen and oxygen atoms in total. The Bertz CT molecular complexity index is 495. The molecule has 0 saturated heterocycles. The molecule has 0 bridgehead atoms. The molecule has 1 aromatic carbocycles. The van der Waals surface area contributed by atoms with Crippen LogP contribution in [0, 0.1) is 6.92 Å². The fourth-order valence-corrected chi connectivity index (χ4v) is 1.89. The second-order valence-electron chi connectivity index (χ2n) is 6.36. The zero-order chi connectivity index (χ0) is 16.8. The SMILES string of the molecule is CCOc1cc(C)ccc1NC(C)CNC(=O)OC(C)(C)C. The highest BCUT2D eigenvalue weighted by Gasteiger charge is 2.16. The first-order valence-corrected chi connectivity index (χ1v) is 7.68. The van der Waals surface area contributed by atoms with Crippen molar-refractivity contribution in [1.82, 2.24) is 5.32 Å². The van der Waals surface area contributed by atoms with E-state index in [0.29, 0.717) is 13.2 Å². The van der Waals surface area contributed by atoms with E-state index in [1.165, 1.54) is 0 Å². The van der Waals surface area contributed by atoms with Crippen molar-refractivity contribution in [2.75, 3.05) is 18.5 Å². The summed E-state index contributed by atoms with van der Waals surface area (Å²) in [5.74, 6) is 0.826. The van der Waals surface area contributed by atoms with Crippen molar-refractivity contribution < 1.29 is 14.3 Å². The number of amides is 1. The van der Waals surface area contributed by atoms with Crippen LogP contribution in [0.15, 0.2) is 18.2 Å². The first-order valence-electron chi connectivity index (χ1n) is 7.68.